The first-order valence-corrected chi connectivity index (χ1v) is 3.28. The van der Waals surface area contributed by atoms with Crippen LogP contribution in [0.5, 0.6) is 17.2 Å². The Labute approximate surface area is 76.1 Å². The monoisotopic (exact) mass is 184 g/mol. The van der Waals surface area contributed by atoms with Crippen LogP contribution in [-0.2, 0) is 0 Å². The highest BCUT2D eigenvalue weighted by molar-refractivity contribution is 5.99. The van der Waals surface area contributed by atoms with E-state index in [0.29, 0.717) is 0 Å². The van der Waals surface area contributed by atoms with Gasteiger partial charge in [-0.25, -0.2) is 0 Å². The van der Waals surface area contributed by atoms with E-state index in [1.807, 2.05) is 0 Å². The van der Waals surface area contributed by atoms with Gasteiger partial charge in [0.15, 0.2) is 5.78 Å². The molecule has 3 N–H and O–H groups in total. The van der Waals surface area contributed by atoms with Crippen LogP contribution in [-0.4, -0.2) is 21.1 Å². The van der Waals surface area contributed by atoms with Crippen molar-refractivity contribution in [3.05, 3.63) is 17.7 Å². The van der Waals surface area contributed by atoms with Gasteiger partial charge in [-0.1, -0.05) is 7.43 Å². The fourth-order valence-corrected chi connectivity index (χ4v) is 0.958. The summed E-state index contributed by atoms with van der Waals surface area (Å²) in [5, 5.41) is 27.1. The van der Waals surface area contributed by atoms with E-state index in [1.54, 1.807) is 0 Å². The Balaban J connectivity index is 0.00000144. The quantitative estimate of drug-likeness (QED) is 0.580. The number of carbonyl (C=O) groups excluding carboxylic acids is 1. The zero-order valence-electron chi connectivity index (χ0n) is 6.40. The van der Waals surface area contributed by atoms with Crippen molar-refractivity contribution in [2.45, 2.75) is 14.4 Å². The molecule has 0 saturated heterocycles. The Bertz CT molecular complexity index is 307. The zero-order chi connectivity index (χ0) is 9.30. The number of rotatable bonds is 1. The molecule has 0 heterocycles. The van der Waals surface area contributed by atoms with Crippen LogP contribution < -0.4 is 0 Å². The maximum Gasteiger partial charge on any atom is 0.167 e. The van der Waals surface area contributed by atoms with Gasteiger partial charge in [0, 0.05) is 12.1 Å². The van der Waals surface area contributed by atoms with Gasteiger partial charge in [-0.2, -0.15) is 0 Å². The lowest BCUT2D eigenvalue weighted by Crippen LogP contribution is -1.92. The van der Waals surface area contributed by atoms with E-state index in [1.165, 1.54) is 6.92 Å². The van der Waals surface area contributed by atoms with E-state index >= 15 is 0 Å². The van der Waals surface area contributed by atoms with Gasteiger partial charge < -0.3 is 15.3 Å². The molecule has 0 aliphatic rings. The summed E-state index contributed by atoms with van der Waals surface area (Å²) in [4.78, 5) is 10.8. The van der Waals surface area contributed by atoms with Gasteiger partial charge in [0.25, 0.3) is 0 Å². The van der Waals surface area contributed by atoms with Gasteiger partial charge in [0.05, 0.1) is 0 Å². The summed E-state index contributed by atoms with van der Waals surface area (Å²) in [7, 11) is 0. The Hall–Kier alpha value is -1.71. The third-order valence-corrected chi connectivity index (χ3v) is 1.43. The molecule has 0 spiro atoms. The minimum absolute atomic E-state index is 0. The predicted molar refractivity (Wildman–Crippen MR) is 48.2 cm³/mol. The molecule has 0 amide bonds. The first-order valence-electron chi connectivity index (χ1n) is 3.28. The molecule has 0 aliphatic heterocycles. The van der Waals surface area contributed by atoms with Crippen molar-refractivity contribution in [3.63, 3.8) is 0 Å². The third kappa shape index (κ3) is 2.11. The number of aromatic hydroxyl groups is 3. The highest BCUT2D eigenvalue weighted by Crippen LogP contribution is 2.31. The topological polar surface area (TPSA) is 77.8 Å². The molecule has 0 atom stereocenters. The molecule has 4 heteroatoms. The van der Waals surface area contributed by atoms with E-state index in [-0.39, 0.29) is 18.7 Å². The van der Waals surface area contributed by atoms with Crippen molar-refractivity contribution >= 4 is 5.78 Å². The molecular weight excluding hydrogens is 172 g/mol. The Kier molecular flexibility index (Phi) is 3.30. The largest absolute Gasteiger partial charge is 0.508 e. The van der Waals surface area contributed by atoms with Crippen LogP contribution in [0.3, 0.4) is 0 Å². The van der Waals surface area contributed by atoms with Crippen LogP contribution in [0.15, 0.2) is 12.1 Å². The highest BCUT2D eigenvalue weighted by atomic mass is 16.3. The molecule has 0 aromatic heterocycles. The van der Waals surface area contributed by atoms with Crippen LogP contribution in [0.2, 0.25) is 0 Å². The zero-order valence-corrected chi connectivity index (χ0v) is 6.40. The summed E-state index contributed by atoms with van der Waals surface area (Å²) in [5.41, 5.74) is -0.173. The van der Waals surface area contributed by atoms with Gasteiger partial charge in [-0.3, -0.25) is 4.79 Å². The number of phenols is 3. The van der Waals surface area contributed by atoms with Crippen molar-refractivity contribution < 1.29 is 20.1 Å². The van der Waals surface area contributed by atoms with Gasteiger partial charge in [-0.15, -0.1) is 0 Å². The molecule has 13 heavy (non-hydrogen) atoms. The van der Waals surface area contributed by atoms with E-state index in [9.17, 15) is 4.79 Å². The number of hydrogen-bond donors (Lipinski definition) is 3. The molecule has 0 saturated carbocycles. The number of hydrogen-bond acceptors (Lipinski definition) is 4. The molecule has 72 valence electrons. The van der Waals surface area contributed by atoms with E-state index < -0.39 is 17.3 Å². The van der Waals surface area contributed by atoms with Crippen molar-refractivity contribution in [1.29, 1.82) is 0 Å². The maximum atomic E-state index is 10.8. The molecule has 4 nitrogen and oxygen atoms in total. The second-order valence-corrected chi connectivity index (χ2v) is 2.42. The lowest BCUT2D eigenvalue weighted by molar-refractivity contribution is 0.101. The molecule has 0 aliphatic carbocycles. The SMILES string of the molecule is C.CC(=O)c1c(O)cc(O)cc1O. The molecule has 0 unspecified atom stereocenters. The standard InChI is InChI=1S/C8H8O4.CH4/c1-4(9)8-6(11)2-5(10)3-7(8)12;/h2-3,10-12H,1H3;1H4. The molecular formula is C9H12O4. The first kappa shape index (κ1) is 11.3. The highest BCUT2D eigenvalue weighted by Gasteiger charge is 2.13. The average Bonchev–Trinajstić information content (AvgIpc) is 1.82. The molecule has 0 fully saturated rings. The molecule has 1 aromatic carbocycles. The molecule has 1 aromatic rings. The number of benzene rings is 1. The minimum atomic E-state index is -0.454. The van der Waals surface area contributed by atoms with Gasteiger partial charge in [0.2, 0.25) is 0 Å². The first-order chi connectivity index (χ1) is 5.52. The van der Waals surface area contributed by atoms with Crippen molar-refractivity contribution in [2.24, 2.45) is 0 Å². The van der Waals surface area contributed by atoms with Crippen molar-refractivity contribution in [1.82, 2.24) is 0 Å². The summed E-state index contributed by atoms with van der Waals surface area (Å²) in [6.07, 6.45) is 0. The van der Waals surface area contributed by atoms with Crippen LogP contribution in [0.1, 0.15) is 24.7 Å². The molecule has 0 radical (unpaired) electrons. The lowest BCUT2D eigenvalue weighted by Gasteiger charge is -2.03. The number of Topliss-reactive ketones (excluding diaryl/α,β-unsaturated/α-hetero) is 1. The Morgan fingerprint density at radius 2 is 1.54 bits per heavy atom. The normalized spacial score (nSPS) is 9.00. The van der Waals surface area contributed by atoms with Gasteiger partial charge >= 0.3 is 0 Å². The van der Waals surface area contributed by atoms with Gasteiger partial charge in [-0.05, 0) is 6.92 Å². The van der Waals surface area contributed by atoms with Crippen LogP contribution in [0.4, 0.5) is 0 Å². The van der Waals surface area contributed by atoms with Gasteiger partial charge in [0.1, 0.15) is 22.8 Å². The number of ketones is 1. The third-order valence-electron chi connectivity index (χ3n) is 1.43. The number of carbonyl (C=O) groups is 1. The minimum Gasteiger partial charge on any atom is -0.508 e. The summed E-state index contributed by atoms with van der Waals surface area (Å²) in [6.45, 7) is 1.21. The second kappa shape index (κ2) is 3.80. The van der Waals surface area contributed by atoms with Crippen molar-refractivity contribution in [2.75, 3.05) is 0 Å². The predicted octanol–water partition coefficient (Wildman–Crippen LogP) is 1.64. The van der Waals surface area contributed by atoms with E-state index in [2.05, 4.69) is 0 Å². The Morgan fingerprint density at radius 3 is 1.85 bits per heavy atom. The van der Waals surface area contributed by atoms with Crippen molar-refractivity contribution in [3.8, 4) is 17.2 Å². The van der Waals surface area contributed by atoms with Crippen LogP contribution in [0.25, 0.3) is 0 Å². The smallest absolute Gasteiger partial charge is 0.167 e. The van der Waals surface area contributed by atoms with Crippen LogP contribution in [0, 0.1) is 0 Å². The lowest BCUT2D eigenvalue weighted by atomic mass is 10.1. The van der Waals surface area contributed by atoms with Crippen LogP contribution >= 0.6 is 0 Å². The summed E-state index contributed by atoms with van der Waals surface area (Å²) in [5.74, 6) is -1.57. The fraction of sp³-hybridized carbons (Fsp3) is 0.222. The second-order valence-electron chi connectivity index (χ2n) is 2.42. The number of phenolic OH excluding ortho intramolecular Hbond substituents is 3. The fourth-order valence-electron chi connectivity index (χ4n) is 0.958. The summed E-state index contributed by atoms with van der Waals surface area (Å²) in [6, 6.07) is 1.99. The Morgan fingerprint density at radius 1 is 1.15 bits per heavy atom. The molecule has 0 bridgehead atoms. The van der Waals surface area contributed by atoms with E-state index in [4.69, 9.17) is 15.3 Å². The van der Waals surface area contributed by atoms with E-state index in [0.717, 1.165) is 12.1 Å². The maximum absolute atomic E-state index is 10.8. The summed E-state index contributed by atoms with van der Waals surface area (Å²) >= 11 is 0. The summed E-state index contributed by atoms with van der Waals surface area (Å²) < 4.78 is 0. The molecule has 1 rings (SSSR count). The average molecular weight is 184 g/mol.